The number of aromatic nitrogens is 2. The molecule has 14 nitrogen and oxygen atoms in total. The smallest absolute Gasteiger partial charge is 0.327 e. The second-order valence-electron chi connectivity index (χ2n) is 8.47. The van der Waals surface area contributed by atoms with Crippen LogP contribution in [-0.4, -0.2) is 79.7 Å². The Bertz CT molecular complexity index is 1110. The number of nitrogens with zero attached hydrogens (tertiary/aromatic N) is 1. The lowest BCUT2D eigenvalue weighted by Crippen LogP contribution is -2.58. The number of nitrogens with two attached hydrogens (primary N) is 2. The molecule has 4 atom stereocenters. The van der Waals surface area contributed by atoms with Gasteiger partial charge in [0.05, 0.1) is 12.4 Å². The average Bonchev–Trinajstić information content (AvgIpc) is 3.38. The van der Waals surface area contributed by atoms with Crippen molar-refractivity contribution in [1.29, 1.82) is 0 Å². The van der Waals surface area contributed by atoms with Crippen LogP contribution >= 0.6 is 12.6 Å². The number of H-pyrrole nitrogens is 1. The van der Waals surface area contributed by atoms with Crippen molar-refractivity contribution in [2.24, 2.45) is 11.5 Å². The van der Waals surface area contributed by atoms with Gasteiger partial charge in [0.25, 0.3) is 0 Å². The maximum Gasteiger partial charge on any atom is 0.327 e. The maximum atomic E-state index is 13.2. The van der Waals surface area contributed by atoms with Crippen LogP contribution in [0.2, 0.25) is 0 Å². The SMILES string of the molecule is NC(=O)CCC(NC(=O)C(N)Cc1ccc(O)cc1)C(=O)NC(Cc1cnc[nH]1)C(=O)NC(CS)C(=O)O. The van der Waals surface area contributed by atoms with Gasteiger partial charge >= 0.3 is 5.97 Å². The Hall–Kier alpha value is -4.11. The Kier molecular flexibility index (Phi) is 11.6. The standard InChI is InChI=1S/C23H31N7O7S/c24-15(7-12-1-3-14(31)4-2-12)20(33)28-16(5-6-19(25)32)21(34)29-17(8-13-9-26-11-27-13)22(35)30-18(10-38)23(36)37/h1-4,9,11,15-18,31,38H,5-8,10,24H2,(H2,25,32)(H,26,27)(H,28,33)(H,29,34)(H,30,35)(H,36,37). The van der Waals surface area contributed by atoms with Gasteiger partial charge in [0, 0.05) is 30.5 Å². The topological polar surface area (TPSA) is 243 Å². The van der Waals surface area contributed by atoms with Crippen molar-refractivity contribution in [3.8, 4) is 5.75 Å². The normalized spacial score (nSPS) is 13.9. The predicted octanol–water partition coefficient (Wildman–Crippen LogP) is -2.04. The van der Waals surface area contributed by atoms with E-state index in [9.17, 15) is 34.2 Å². The quantitative estimate of drug-likeness (QED) is 0.111. The third kappa shape index (κ3) is 9.74. The van der Waals surface area contributed by atoms with E-state index in [0.29, 0.717) is 11.3 Å². The van der Waals surface area contributed by atoms with Crippen molar-refractivity contribution in [2.75, 3.05) is 5.75 Å². The summed E-state index contributed by atoms with van der Waals surface area (Å²) in [7, 11) is 0. The zero-order chi connectivity index (χ0) is 28.2. The lowest BCUT2D eigenvalue weighted by molar-refractivity contribution is -0.141. The number of primary amides is 1. The summed E-state index contributed by atoms with van der Waals surface area (Å²) < 4.78 is 0. The molecule has 0 radical (unpaired) electrons. The molecule has 1 aromatic heterocycles. The number of phenolic OH excluding ortho intramolecular Hbond substituents is 1. The predicted molar refractivity (Wildman–Crippen MR) is 138 cm³/mol. The molecule has 0 aliphatic rings. The van der Waals surface area contributed by atoms with E-state index in [2.05, 4.69) is 38.5 Å². The number of aliphatic carboxylic acids is 1. The first-order valence-corrected chi connectivity index (χ1v) is 12.2. The summed E-state index contributed by atoms with van der Waals surface area (Å²) in [5.41, 5.74) is 12.3. The summed E-state index contributed by atoms with van der Waals surface area (Å²) in [6.07, 6.45) is 2.39. The first-order chi connectivity index (χ1) is 18.0. The first-order valence-electron chi connectivity index (χ1n) is 11.5. The minimum absolute atomic E-state index is 0.0488. The second kappa shape index (κ2) is 14.6. The number of aromatic amines is 1. The molecule has 206 valence electrons. The lowest BCUT2D eigenvalue weighted by Gasteiger charge is -2.24. The van der Waals surface area contributed by atoms with E-state index in [-0.39, 0.29) is 37.2 Å². The number of imidazole rings is 1. The highest BCUT2D eigenvalue weighted by atomic mass is 32.1. The van der Waals surface area contributed by atoms with E-state index < -0.39 is 53.8 Å². The van der Waals surface area contributed by atoms with Gasteiger partial charge in [-0.2, -0.15) is 12.6 Å². The van der Waals surface area contributed by atoms with E-state index in [0.717, 1.165) is 0 Å². The van der Waals surface area contributed by atoms with Gasteiger partial charge in [0.2, 0.25) is 23.6 Å². The number of carboxylic acid groups (broad SMARTS) is 1. The Morgan fingerprint density at radius 1 is 0.947 bits per heavy atom. The Labute approximate surface area is 223 Å². The van der Waals surface area contributed by atoms with Crippen molar-refractivity contribution >= 4 is 42.2 Å². The Morgan fingerprint density at radius 3 is 2.11 bits per heavy atom. The van der Waals surface area contributed by atoms with Crippen molar-refractivity contribution in [1.82, 2.24) is 25.9 Å². The molecule has 1 aromatic carbocycles. The largest absolute Gasteiger partial charge is 0.508 e. The average molecular weight is 550 g/mol. The number of hydrogen-bond donors (Lipinski definition) is 9. The van der Waals surface area contributed by atoms with Crippen LogP contribution in [0.3, 0.4) is 0 Å². The number of nitrogens with one attached hydrogen (secondary N) is 4. The maximum absolute atomic E-state index is 13.2. The molecule has 0 spiro atoms. The molecule has 0 fully saturated rings. The zero-order valence-electron chi connectivity index (χ0n) is 20.3. The van der Waals surface area contributed by atoms with Crippen molar-refractivity contribution in [3.63, 3.8) is 0 Å². The van der Waals surface area contributed by atoms with E-state index >= 15 is 0 Å². The van der Waals surface area contributed by atoms with Crippen LogP contribution in [0.1, 0.15) is 24.1 Å². The number of amides is 4. The number of thiol groups is 1. The summed E-state index contributed by atoms with van der Waals surface area (Å²) in [6.45, 7) is 0. The molecular weight excluding hydrogens is 518 g/mol. The number of carbonyl (C=O) groups is 5. The highest BCUT2D eigenvalue weighted by Crippen LogP contribution is 2.11. The fourth-order valence-corrected chi connectivity index (χ4v) is 3.62. The van der Waals surface area contributed by atoms with Crippen LogP contribution in [0.15, 0.2) is 36.8 Å². The van der Waals surface area contributed by atoms with Gasteiger partial charge in [-0.3, -0.25) is 19.2 Å². The van der Waals surface area contributed by atoms with Crippen LogP contribution < -0.4 is 27.4 Å². The highest BCUT2D eigenvalue weighted by molar-refractivity contribution is 7.80. The summed E-state index contributed by atoms with van der Waals surface area (Å²) in [6, 6.07) is 1.14. The van der Waals surface area contributed by atoms with Crippen molar-refractivity contribution in [2.45, 2.75) is 49.9 Å². The van der Waals surface area contributed by atoms with Gasteiger partial charge in [0.15, 0.2) is 0 Å². The summed E-state index contributed by atoms with van der Waals surface area (Å²) in [4.78, 5) is 68.1. The summed E-state index contributed by atoms with van der Waals surface area (Å²) in [5, 5.41) is 25.9. The van der Waals surface area contributed by atoms with E-state index in [1.54, 1.807) is 12.1 Å². The van der Waals surface area contributed by atoms with Crippen LogP contribution in [-0.2, 0) is 36.8 Å². The number of benzene rings is 1. The number of carboxylic acids is 1. The summed E-state index contributed by atoms with van der Waals surface area (Å²) >= 11 is 3.92. The fourth-order valence-electron chi connectivity index (χ4n) is 3.37. The van der Waals surface area contributed by atoms with E-state index in [1.165, 1.54) is 24.7 Å². The molecule has 2 rings (SSSR count). The number of carbonyl (C=O) groups excluding carboxylic acids is 4. The first kappa shape index (κ1) is 30.1. The number of aromatic hydroxyl groups is 1. The minimum atomic E-state index is -1.31. The van der Waals surface area contributed by atoms with Crippen LogP contribution in [0.4, 0.5) is 0 Å². The molecule has 0 aliphatic carbocycles. The Balaban J connectivity index is 2.16. The minimum Gasteiger partial charge on any atom is -0.508 e. The number of phenols is 1. The molecule has 15 heteroatoms. The molecule has 38 heavy (non-hydrogen) atoms. The molecule has 2 aromatic rings. The van der Waals surface area contributed by atoms with Crippen LogP contribution in [0.25, 0.3) is 0 Å². The van der Waals surface area contributed by atoms with E-state index in [1.807, 2.05) is 0 Å². The van der Waals surface area contributed by atoms with Gasteiger partial charge in [-0.1, -0.05) is 12.1 Å². The highest BCUT2D eigenvalue weighted by Gasteiger charge is 2.30. The van der Waals surface area contributed by atoms with Gasteiger partial charge in [-0.05, 0) is 30.5 Å². The van der Waals surface area contributed by atoms with E-state index in [4.69, 9.17) is 11.5 Å². The monoisotopic (exact) mass is 549 g/mol. The third-order valence-corrected chi connectivity index (χ3v) is 5.82. The molecule has 10 N–H and O–H groups in total. The molecule has 0 saturated heterocycles. The third-order valence-electron chi connectivity index (χ3n) is 5.45. The molecule has 1 heterocycles. The van der Waals surface area contributed by atoms with Crippen LogP contribution in [0.5, 0.6) is 5.75 Å². The lowest BCUT2D eigenvalue weighted by atomic mass is 10.0. The Morgan fingerprint density at radius 2 is 1.55 bits per heavy atom. The summed E-state index contributed by atoms with van der Waals surface area (Å²) in [5.74, 6) is -4.48. The van der Waals surface area contributed by atoms with Crippen molar-refractivity contribution < 1.29 is 34.2 Å². The fraction of sp³-hybridized carbons (Fsp3) is 0.391. The van der Waals surface area contributed by atoms with Gasteiger partial charge in [-0.15, -0.1) is 0 Å². The zero-order valence-corrected chi connectivity index (χ0v) is 21.2. The number of hydrogen-bond acceptors (Lipinski definition) is 9. The molecule has 4 unspecified atom stereocenters. The van der Waals surface area contributed by atoms with Gasteiger partial charge in [-0.25, -0.2) is 9.78 Å². The molecule has 0 bridgehead atoms. The second-order valence-corrected chi connectivity index (χ2v) is 8.83. The van der Waals surface area contributed by atoms with Gasteiger partial charge in [0.1, 0.15) is 23.9 Å². The number of rotatable bonds is 15. The molecule has 4 amide bonds. The van der Waals surface area contributed by atoms with Crippen molar-refractivity contribution in [3.05, 3.63) is 48.0 Å². The van der Waals surface area contributed by atoms with Crippen LogP contribution in [0, 0.1) is 0 Å². The van der Waals surface area contributed by atoms with Gasteiger partial charge < -0.3 is 42.6 Å². The molecule has 0 aliphatic heterocycles. The molecular formula is C23H31N7O7S. The molecule has 0 saturated carbocycles.